The highest BCUT2D eigenvalue weighted by Gasteiger charge is 2.31. The Morgan fingerprint density at radius 1 is 0.912 bits per heavy atom. The minimum Gasteiger partial charge on any atom is -0.406 e. The molecule has 3 heterocycles. The molecule has 1 saturated carbocycles. The largest absolute Gasteiger partial charge is 0.573 e. The summed E-state index contributed by atoms with van der Waals surface area (Å²) in [4.78, 5) is 7.30. The standard InChI is InChI=1S/C24H32F3N5O2/c25-24(26,27)34-21-6-4-20(5-7-21)32-22(19-2-1-3-19)18-23(28-32)31-12-10-29(11-13-31)8-9-30-14-16-33-17-15-30/h4-7,18-19H,1-3,8-17H2. The van der Waals surface area contributed by atoms with Crippen LogP contribution >= 0.6 is 0 Å². The Bertz CT molecular complexity index is 931. The van der Waals surface area contributed by atoms with Crippen molar-refractivity contribution in [2.24, 2.45) is 0 Å². The zero-order chi connectivity index (χ0) is 23.5. The molecule has 0 radical (unpaired) electrons. The van der Waals surface area contributed by atoms with Crippen LogP contribution < -0.4 is 9.64 Å². The maximum absolute atomic E-state index is 12.5. The number of hydrogen-bond acceptors (Lipinski definition) is 6. The summed E-state index contributed by atoms with van der Waals surface area (Å²) in [5, 5.41) is 4.89. The van der Waals surface area contributed by atoms with Gasteiger partial charge in [0.25, 0.3) is 0 Å². The van der Waals surface area contributed by atoms with E-state index in [-0.39, 0.29) is 5.75 Å². The predicted octanol–water partition coefficient (Wildman–Crippen LogP) is 3.49. The number of alkyl halides is 3. The van der Waals surface area contributed by atoms with E-state index in [0.29, 0.717) is 5.92 Å². The van der Waals surface area contributed by atoms with Gasteiger partial charge < -0.3 is 14.4 Å². The van der Waals surface area contributed by atoms with E-state index in [2.05, 4.69) is 25.5 Å². The van der Waals surface area contributed by atoms with Crippen LogP contribution in [-0.2, 0) is 4.74 Å². The summed E-state index contributed by atoms with van der Waals surface area (Å²) in [5.41, 5.74) is 1.90. The van der Waals surface area contributed by atoms with E-state index in [4.69, 9.17) is 9.84 Å². The molecule has 5 rings (SSSR count). The van der Waals surface area contributed by atoms with Gasteiger partial charge in [-0.2, -0.15) is 5.10 Å². The number of hydrogen-bond donors (Lipinski definition) is 0. The van der Waals surface area contributed by atoms with Crippen molar-refractivity contribution in [3.63, 3.8) is 0 Å². The van der Waals surface area contributed by atoms with E-state index in [1.54, 1.807) is 12.1 Å². The molecule has 0 spiro atoms. The van der Waals surface area contributed by atoms with E-state index in [9.17, 15) is 13.2 Å². The van der Waals surface area contributed by atoms with Crippen molar-refractivity contribution in [1.82, 2.24) is 19.6 Å². The molecule has 1 aromatic heterocycles. The van der Waals surface area contributed by atoms with Gasteiger partial charge in [0.1, 0.15) is 5.75 Å². The SMILES string of the molecule is FC(F)(F)Oc1ccc(-n2nc(N3CCN(CCN4CCOCC4)CC3)cc2C2CCC2)cc1. The molecule has 3 fully saturated rings. The van der Waals surface area contributed by atoms with Crippen LogP contribution in [0.3, 0.4) is 0 Å². The molecule has 3 aliphatic rings. The lowest BCUT2D eigenvalue weighted by atomic mass is 9.83. The number of benzene rings is 1. The van der Waals surface area contributed by atoms with Crippen LogP contribution in [0, 0.1) is 0 Å². The molecule has 1 aromatic carbocycles. The Morgan fingerprint density at radius 2 is 1.56 bits per heavy atom. The maximum Gasteiger partial charge on any atom is 0.573 e. The summed E-state index contributed by atoms with van der Waals surface area (Å²) in [6.07, 6.45) is -1.25. The second-order valence-electron chi connectivity index (χ2n) is 9.29. The van der Waals surface area contributed by atoms with E-state index in [0.717, 1.165) is 95.6 Å². The molecule has 0 atom stereocenters. The average Bonchev–Trinajstić information content (AvgIpc) is 3.22. The minimum absolute atomic E-state index is 0.220. The summed E-state index contributed by atoms with van der Waals surface area (Å²) >= 11 is 0. The Kier molecular flexibility index (Phi) is 6.99. The molecule has 0 bridgehead atoms. The first-order valence-electron chi connectivity index (χ1n) is 12.2. The van der Waals surface area contributed by atoms with Gasteiger partial charge in [0.2, 0.25) is 0 Å². The Balaban J connectivity index is 1.23. The number of morpholine rings is 1. The van der Waals surface area contributed by atoms with Crippen LogP contribution in [0.1, 0.15) is 30.9 Å². The Hall–Kier alpha value is -2.30. The van der Waals surface area contributed by atoms with Crippen LogP contribution in [0.2, 0.25) is 0 Å². The lowest BCUT2D eigenvalue weighted by Crippen LogP contribution is -2.49. The van der Waals surface area contributed by atoms with Gasteiger partial charge in [0, 0.05) is 70.0 Å². The molecule has 186 valence electrons. The zero-order valence-corrected chi connectivity index (χ0v) is 19.3. The third-order valence-corrected chi connectivity index (χ3v) is 7.09. The van der Waals surface area contributed by atoms with Crippen molar-refractivity contribution in [1.29, 1.82) is 0 Å². The van der Waals surface area contributed by atoms with Gasteiger partial charge in [-0.15, -0.1) is 13.2 Å². The van der Waals surface area contributed by atoms with E-state index >= 15 is 0 Å². The first-order chi connectivity index (χ1) is 16.4. The topological polar surface area (TPSA) is 46.0 Å². The molecule has 2 aromatic rings. The number of anilines is 1. The van der Waals surface area contributed by atoms with Crippen LogP contribution in [0.25, 0.3) is 5.69 Å². The van der Waals surface area contributed by atoms with Gasteiger partial charge >= 0.3 is 6.36 Å². The number of rotatable bonds is 7. The normalized spacial score (nSPS) is 21.0. The summed E-state index contributed by atoms with van der Waals surface area (Å²) in [6, 6.07) is 8.16. The number of aromatic nitrogens is 2. The molecule has 0 amide bonds. The molecule has 2 aliphatic heterocycles. The van der Waals surface area contributed by atoms with Gasteiger partial charge in [-0.25, -0.2) is 4.68 Å². The zero-order valence-electron chi connectivity index (χ0n) is 19.3. The minimum atomic E-state index is -4.69. The van der Waals surface area contributed by atoms with Crippen LogP contribution in [0.5, 0.6) is 5.75 Å². The van der Waals surface area contributed by atoms with E-state index in [1.165, 1.54) is 18.6 Å². The summed E-state index contributed by atoms with van der Waals surface area (Å²) in [6.45, 7) is 9.69. The monoisotopic (exact) mass is 479 g/mol. The Labute approximate surface area is 198 Å². The summed E-state index contributed by atoms with van der Waals surface area (Å²) in [5.74, 6) is 1.18. The average molecular weight is 480 g/mol. The van der Waals surface area contributed by atoms with Crippen molar-refractivity contribution in [2.75, 3.05) is 70.5 Å². The van der Waals surface area contributed by atoms with Crippen molar-refractivity contribution in [2.45, 2.75) is 31.5 Å². The lowest BCUT2D eigenvalue weighted by molar-refractivity contribution is -0.274. The van der Waals surface area contributed by atoms with Crippen molar-refractivity contribution >= 4 is 5.82 Å². The molecule has 0 unspecified atom stereocenters. The maximum atomic E-state index is 12.5. The smallest absolute Gasteiger partial charge is 0.406 e. The second kappa shape index (κ2) is 10.1. The van der Waals surface area contributed by atoms with E-state index < -0.39 is 6.36 Å². The molecule has 2 saturated heterocycles. The molecule has 7 nitrogen and oxygen atoms in total. The van der Waals surface area contributed by atoms with Crippen molar-refractivity contribution in [3.8, 4) is 11.4 Å². The number of nitrogens with zero attached hydrogens (tertiary/aromatic N) is 5. The van der Waals surface area contributed by atoms with Gasteiger partial charge in [0.15, 0.2) is 5.82 Å². The fourth-order valence-corrected chi connectivity index (χ4v) is 4.84. The highest BCUT2D eigenvalue weighted by Crippen LogP contribution is 2.39. The number of piperazine rings is 1. The molecular weight excluding hydrogens is 447 g/mol. The summed E-state index contributed by atoms with van der Waals surface area (Å²) in [7, 11) is 0. The molecule has 10 heteroatoms. The third-order valence-electron chi connectivity index (χ3n) is 7.09. The molecule has 34 heavy (non-hydrogen) atoms. The highest BCUT2D eigenvalue weighted by atomic mass is 19.4. The lowest BCUT2D eigenvalue weighted by Gasteiger charge is -2.36. The highest BCUT2D eigenvalue weighted by molar-refractivity contribution is 5.47. The number of ether oxygens (including phenoxy) is 2. The Morgan fingerprint density at radius 3 is 2.15 bits per heavy atom. The van der Waals surface area contributed by atoms with Gasteiger partial charge in [-0.1, -0.05) is 6.42 Å². The predicted molar refractivity (Wildman–Crippen MR) is 123 cm³/mol. The quantitative estimate of drug-likeness (QED) is 0.606. The first-order valence-corrected chi connectivity index (χ1v) is 12.2. The first kappa shape index (κ1) is 23.4. The van der Waals surface area contributed by atoms with Crippen LogP contribution in [0.15, 0.2) is 30.3 Å². The van der Waals surface area contributed by atoms with Gasteiger partial charge in [-0.3, -0.25) is 9.80 Å². The second-order valence-corrected chi connectivity index (χ2v) is 9.29. The molecular formula is C24H32F3N5O2. The third kappa shape index (κ3) is 5.67. The van der Waals surface area contributed by atoms with Crippen molar-refractivity contribution in [3.05, 3.63) is 36.0 Å². The van der Waals surface area contributed by atoms with Crippen LogP contribution in [0.4, 0.5) is 19.0 Å². The fourth-order valence-electron chi connectivity index (χ4n) is 4.84. The van der Waals surface area contributed by atoms with Crippen LogP contribution in [-0.4, -0.2) is 91.5 Å². The molecule has 1 aliphatic carbocycles. The molecule has 0 N–H and O–H groups in total. The fraction of sp³-hybridized carbons (Fsp3) is 0.625. The number of halogens is 3. The van der Waals surface area contributed by atoms with Gasteiger partial charge in [0.05, 0.1) is 18.9 Å². The van der Waals surface area contributed by atoms with Crippen molar-refractivity contribution < 1.29 is 22.6 Å². The van der Waals surface area contributed by atoms with Gasteiger partial charge in [-0.05, 0) is 37.1 Å². The summed E-state index contributed by atoms with van der Waals surface area (Å²) < 4.78 is 48.9. The van der Waals surface area contributed by atoms with E-state index in [1.807, 2.05) is 4.68 Å².